The standard InChI is InChI=1S/C21H22N4O/c1-2-25-19-10-6-5-9-18(19)24-20(25)14-23-21(26)12-11-15-13-22-17-8-4-3-7-16(15)17/h3-10,13,22H,2,11-12,14H2,1H3,(H,23,26). The highest BCUT2D eigenvalue weighted by atomic mass is 16.1. The van der Waals surface area contributed by atoms with E-state index in [9.17, 15) is 4.79 Å². The highest BCUT2D eigenvalue weighted by Gasteiger charge is 2.11. The summed E-state index contributed by atoms with van der Waals surface area (Å²) in [6.45, 7) is 3.38. The van der Waals surface area contributed by atoms with E-state index < -0.39 is 0 Å². The first-order chi connectivity index (χ1) is 12.8. The molecule has 0 aliphatic carbocycles. The third-order valence-corrected chi connectivity index (χ3v) is 4.79. The molecule has 132 valence electrons. The van der Waals surface area contributed by atoms with E-state index in [1.807, 2.05) is 42.6 Å². The monoisotopic (exact) mass is 346 g/mol. The van der Waals surface area contributed by atoms with Gasteiger partial charge in [-0.05, 0) is 37.1 Å². The van der Waals surface area contributed by atoms with E-state index >= 15 is 0 Å². The summed E-state index contributed by atoms with van der Waals surface area (Å²) < 4.78 is 2.15. The lowest BCUT2D eigenvalue weighted by atomic mass is 10.1. The topological polar surface area (TPSA) is 62.7 Å². The molecule has 0 spiro atoms. The lowest BCUT2D eigenvalue weighted by Crippen LogP contribution is -2.24. The Labute approximate surface area is 152 Å². The van der Waals surface area contributed by atoms with E-state index in [1.165, 1.54) is 10.9 Å². The van der Waals surface area contributed by atoms with Crippen molar-refractivity contribution in [2.24, 2.45) is 0 Å². The van der Waals surface area contributed by atoms with E-state index in [2.05, 4.69) is 38.9 Å². The second-order valence-electron chi connectivity index (χ2n) is 6.40. The van der Waals surface area contributed by atoms with Crippen LogP contribution >= 0.6 is 0 Å². The van der Waals surface area contributed by atoms with Crippen LogP contribution in [0, 0.1) is 0 Å². The summed E-state index contributed by atoms with van der Waals surface area (Å²) in [5.41, 5.74) is 4.37. The van der Waals surface area contributed by atoms with Crippen LogP contribution in [0.25, 0.3) is 21.9 Å². The van der Waals surface area contributed by atoms with Gasteiger partial charge in [-0.15, -0.1) is 0 Å². The molecular formula is C21H22N4O. The summed E-state index contributed by atoms with van der Waals surface area (Å²) in [6, 6.07) is 16.2. The zero-order chi connectivity index (χ0) is 17.9. The number of aromatic nitrogens is 3. The first-order valence-corrected chi connectivity index (χ1v) is 9.02. The van der Waals surface area contributed by atoms with Crippen molar-refractivity contribution >= 4 is 27.8 Å². The van der Waals surface area contributed by atoms with Gasteiger partial charge in [0.05, 0.1) is 17.6 Å². The van der Waals surface area contributed by atoms with Gasteiger partial charge >= 0.3 is 0 Å². The van der Waals surface area contributed by atoms with Crippen LogP contribution in [0.15, 0.2) is 54.7 Å². The van der Waals surface area contributed by atoms with E-state index in [1.54, 1.807) is 0 Å². The predicted molar refractivity (Wildman–Crippen MR) is 104 cm³/mol. The fourth-order valence-electron chi connectivity index (χ4n) is 3.47. The highest BCUT2D eigenvalue weighted by molar-refractivity contribution is 5.84. The Morgan fingerprint density at radius 2 is 1.96 bits per heavy atom. The maximum absolute atomic E-state index is 12.3. The minimum Gasteiger partial charge on any atom is -0.361 e. The molecule has 0 saturated heterocycles. The van der Waals surface area contributed by atoms with Crippen molar-refractivity contribution in [2.45, 2.75) is 32.9 Å². The number of rotatable bonds is 6. The number of hydrogen-bond donors (Lipinski definition) is 2. The number of carbonyl (C=O) groups excluding carboxylic acids is 1. The molecule has 0 aliphatic heterocycles. The molecule has 2 aromatic carbocycles. The maximum Gasteiger partial charge on any atom is 0.220 e. The van der Waals surface area contributed by atoms with Crippen LogP contribution in [0.2, 0.25) is 0 Å². The van der Waals surface area contributed by atoms with E-state index in [0.717, 1.165) is 35.3 Å². The molecule has 2 heterocycles. The molecule has 0 saturated carbocycles. The molecule has 2 N–H and O–H groups in total. The number of aryl methyl sites for hydroxylation is 2. The van der Waals surface area contributed by atoms with Gasteiger partial charge in [0.25, 0.3) is 0 Å². The quantitative estimate of drug-likeness (QED) is 0.558. The number of hydrogen-bond acceptors (Lipinski definition) is 2. The Hall–Kier alpha value is -3.08. The molecule has 4 aromatic rings. The van der Waals surface area contributed by atoms with E-state index in [4.69, 9.17) is 0 Å². The molecule has 0 aliphatic rings. The number of fused-ring (bicyclic) bond motifs is 2. The lowest BCUT2D eigenvalue weighted by molar-refractivity contribution is -0.121. The van der Waals surface area contributed by atoms with Gasteiger partial charge in [-0.1, -0.05) is 30.3 Å². The third-order valence-electron chi connectivity index (χ3n) is 4.79. The Balaban J connectivity index is 1.40. The van der Waals surface area contributed by atoms with E-state index in [0.29, 0.717) is 13.0 Å². The van der Waals surface area contributed by atoms with Gasteiger partial charge in [0.15, 0.2) is 0 Å². The van der Waals surface area contributed by atoms with Crippen molar-refractivity contribution in [3.8, 4) is 0 Å². The minimum atomic E-state index is 0.0463. The molecule has 5 nitrogen and oxygen atoms in total. The van der Waals surface area contributed by atoms with Gasteiger partial charge in [-0.25, -0.2) is 4.98 Å². The number of imidazole rings is 1. The Morgan fingerprint density at radius 1 is 1.15 bits per heavy atom. The van der Waals surface area contributed by atoms with Crippen molar-refractivity contribution in [2.75, 3.05) is 0 Å². The van der Waals surface area contributed by atoms with Crippen molar-refractivity contribution in [1.82, 2.24) is 19.9 Å². The molecule has 0 unspecified atom stereocenters. The predicted octanol–water partition coefficient (Wildman–Crippen LogP) is 3.79. The molecule has 5 heteroatoms. The second-order valence-corrected chi connectivity index (χ2v) is 6.40. The molecule has 0 radical (unpaired) electrons. The fraction of sp³-hybridized carbons (Fsp3) is 0.238. The molecule has 0 atom stereocenters. The van der Waals surface area contributed by atoms with Crippen molar-refractivity contribution < 1.29 is 4.79 Å². The van der Waals surface area contributed by atoms with Gasteiger partial charge < -0.3 is 14.9 Å². The van der Waals surface area contributed by atoms with Crippen molar-refractivity contribution in [3.63, 3.8) is 0 Å². The Morgan fingerprint density at radius 3 is 2.85 bits per heavy atom. The molecule has 1 amide bonds. The van der Waals surface area contributed by atoms with Crippen LogP contribution in [0.4, 0.5) is 0 Å². The summed E-state index contributed by atoms with van der Waals surface area (Å²) in [4.78, 5) is 20.2. The summed E-state index contributed by atoms with van der Waals surface area (Å²) in [5, 5.41) is 4.20. The average molecular weight is 346 g/mol. The smallest absolute Gasteiger partial charge is 0.220 e. The lowest BCUT2D eigenvalue weighted by Gasteiger charge is -2.08. The number of carbonyl (C=O) groups is 1. The minimum absolute atomic E-state index is 0.0463. The second kappa shape index (κ2) is 7.04. The van der Waals surface area contributed by atoms with Crippen molar-refractivity contribution in [3.05, 3.63) is 66.1 Å². The third kappa shape index (κ3) is 3.08. The van der Waals surface area contributed by atoms with Crippen LogP contribution in [0.1, 0.15) is 24.7 Å². The van der Waals surface area contributed by atoms with Gasteiger partial charge in [0.1, 0.15) is 5.82 Å². The van der Waals surface area contributed by atoms with Crippen LogP contribution in [-0.4, -0.2) is 20.4 Å². The number of aromatic amines is 1. The summed E-state index contributed by atoms with van der Waals surface area (Å²) in [6.07, 6.45) is 3.18. The van der Waals surface area contributed by atoms with Crippen LogP contribution in [0.5, 0.6) is 0 Å². The molecule has 26 heavy (non-hydrogen) atoms. The summed E-state index contributed by atoms with van der Waals surface area (Å²) in [7, 11) is 0. The van der Waals surface area contributed by atoms with E-state index in [-0.39, 0.29) is 5.91 Å². The molecule has 4 rings (SSSR count). The molecule has 0 fully saturated rings. The first-order valence-electron chi connectivity index (χ1n) is 9.02. The molecule has 0 bridgehead atoms. The SMILES string of the molecule is CCn1c(CNC(=O)CCc2c[nH]c3ccccc23)nc2ccccc21. The van der Waals surface area contributed by atoms with Gasteiger partial charge in [0, 0.05) is 30.1 Å². The number of benzene rings is 2. The zero-order valence-electron chi connectivity index (χ0n) is 14.8. The Bertz CT molecular complexity index is 1060. The van der Waals surface area contributed by atoms with Crippen LogP contribution in [-0.2, 0) is 24.3 Å². The number of amides is 1. The van der Waals surface area contributed by atoms with Crippen LogP contribution < -0.4 is 5.32 Å². The number of nitrogens with zero attached hydrogens (tertiary/aromatic N) is 2. The summed E-state index contributed by atoms with van der Waals surface area (Å²) in [5.74, 6) is 0.944. The average Bonchev–Trinajstić information content (AvgIpc) is 3.25. The summed E-state index contributed by atoms with van der Waals surface area (Å²) >= 11 is 0. The largest absolute Gasteiger partial charge is 0.361 e. The van der Waals surface area contributed by atoms with Crippen LogP contribution in [0.3, 0.4) is 0 Å². The zero-order valence-corrected chi connectivity index (χ0v) is 14.8. The van der Waals surface area contributed by atoms with Gasteiger partial charge in [-0.3, -0.25) is 4.79 Å². The van der Waals surface area contributed by atoms with Crippen molar-refractivity contribution in [1.29, 1.82) is 0 Å². The molecular weight excluding hydrogens is 324 g/mol. The highest BCUT2D eigenvalue weighted by Crippen LogP contribution is 2.19. The first kappa shape index (κ1) is 16.4. The van der Waals surface area contributed by atoms with Gasteiger partial charge in [-0.2, -0.15) is 0 Å². The number of H-pyrrole nitrogens is 1. The van der Waals surface area contributed by atoms with Gasteiger partial charge in [0.2, 0.25) is 5.91 Å². The fourth-order valence-corrected chi connectivity index (χ4v) is 3.47. The Kier molecular flexibility index (Phi) is 4.44. The number of para-hydroxylation sites is 3. The molecule has 2 aromatic heterocycles. The number of nitrogens with one attached hydrogen (secondary N) is 2. The maximum atomic E-state index is 12.3. The normalized spacial score (nSPS) is 11.3.